The van der Waals surface area contributed by atoms with Crippen LogP contribution in [0.15, 0.2) is 42.5 Å². The fourth-order valence-electron chi connectivity index (χ4n) is 4.37. The molecule has 1 aliphatic heterocycles. The minimum Gasteiger partial charge on any atom is -0.379 e. The van der Waals surface area contributed by atoms with Gasteiger partial charge in [0.1, 0.15) is 6.54 Å². The molecule has 0 aliphatic carbocycles. The average molecular weight is 624 g/mol. The Kier molecular flexibility index (Phi) is 10.3. The van der Waals surface area contributed by atoms with Gasteiger partial charge in [-0.2, -0.15) is 13.2 Å². The number of aryl methyl sites for hydroxylation is 1. The molecule has 15 heteroatoms. The maximum absolute atomic E-state index is 13.1. The highest BCUT2D eigenvalue weighted by Crippen LogP contribution is 2.30. The lowest BCUT2D eigenvalue weighted by atomic mass is 10.1. The van der Waals surface area contributed by atoms with E-state index in [0.717, 1.165) is 12.1 Å². The van der Waals surface area contributed by atoms with Crippen LogP contribution in [-0.2, 0) is 38.4 Å². The van der Waals surface area contributed by atoms with Gasteiger partial charge in [-0.25, -0.2) is 29.1 Å². The Labute approximate surface area is 249 Å². The van der Waals surface area contributed by atoms with Crippen LogP contribution in [0.2, 0.25) is 5.02 Å². The van der Waals surface area contributed by atoms with Crippen LogP contribution in [0.3, 0.4) is 0 Å². The summed E-state index contributed by atoms with van der Waals surface area (Å²) in [6, 6.07) is 8.60. The first kappa shape index (κ1) is 31.8. The number of alkyl halides is 3. The number of urea groups is 1. The van der Waals surface area contributed by atoms with E-state index < -0.39 is 29.7 Å². The van der Waals surface area contributed by atoms with Gasteiger partial charge in [0.25, 0.3) is 0 Å². The number of halogens is 4. The lowest BCUT2D eigenvalue weighted by molar-refractivity contribution is -0.235. The lowest BCUT2D eigenvalue weighted by Crippen LogP contribution is -2.40. The van der Waals surface area contributed by atoms with Crippen molar-refractivity contribution >= 4 is 41.1 Å². The number of hydrogen-bond donors (Lipinski definition) is 2. The van der Waals surface area contributed by atoms with E-state index in [0.29, 0.717) is 53.8 Å². The molecule has 2 N–H and O–H groups in total. The van der Waals surface area contributed by atoms with Gasteiger partial charge in [0.15, 0.2) is 5.82 Å². The van der Waals surface area contributed by atoms with E-state index in [1.54, 1.807) is 36.9 Å². The Morgan fingerprint density at radius 2 is 1.74 bits per heavy atom. The van der Waals surface area contributed by atoms with Crippen LogP contribution in [0, 0.1) is 6.92 Å². The minimum atomic E-state index is -4.52. The molecule has 3 aromatic rings. The maximum atomic E-state index is 13.1. The van der Waals surface area contributed by atoms with Crippen molar-refractivity contribution in [2.24, 2.45) is 0 Å². The molecular formula is C28H29ClF3N5O6. The van der Waals surface area contributed by atoms with E-state index in [2.05, 4.69) is 15.6 Å². The van der Waals surface area contributed by atoms with Gasteiger partial charge < -0.3 is 14.6 Å². The number of hydrogen-bond acceptors (Lipinski definition) is 8. The molecule has 0 spiro atoms. The SMILES string of the molecule is CCc1c(NC(=O)Nc2ccc(Cl)cc2C)nc(C(=O)OOC(=O)CN2CCOCC2)n1Cc1ccc(C(F)(F)F)cc1. The minimum absolute atomic E-state index is 0.00474. The number of imidazole rings is 1. The molecule has 43 heavy (non-hydrogen) atoms. The molecule has 11 nitrogen and oxygen atoms in total. The number of nitrogens with zero attached hydrogens (tertiary/aromatic N) is 3. The number of aromatic nitrogens is 2. The number of carbonyl (C=O) groups is 3. The number of morpholine rings is 1. The molecule has 2 amide bonds. The predicted molar refractivity (Wildman–Crippen MR) is 150 cm³/mol. The molecule has 0 atom stereocenters. The summed E-state index contributed by atoms with van der Waals surface area (Å²) in [5.41, 5.74) is 1.13. The summed E-state index contributed by atoms with van der Waals surface area (Å²) in [6.07, 6.45) is -4.26. The van der Waals surface area contributed by atoms with Crippen molar-refractivity contribution in [3.8, 4) is 0 Å². The quantitative estimate of drug-likeness (QED) is 0.263. The van der Waals surface area contributed by atoms with Gasteiger partial charge in [0.05, 0.1) is 24.5 Å². The van der Waals surface area contributed by atoms with Gasteiger partial charge >= 0.3 is 24.1 Å². The number of carbonyl (C=O) groups excluding carboxylic acids is 3. The molecule has 0 bridgehead atoms. The van der Waals surface area contributed by atoms with Crippen LogP contribution in [0.4, 0.5) is 29.5 Å². The summed E-state index contributed by atoms with van der Waals surface area (Å²) in [6.45, 7) is 5.19. The second kappa shape index (κ2) is 13.9. The number of nitrogens with one attached hydrogen (secondary N) is 2. The molecule has 2 aromatic carbocycles. The van der Waals surface area contributed by atoms with Gasteiger partial charge in [0, 0.05) is 30.3 Å². The molecule has 1 aromatic heterocycles. The van der Waals surface area contributed by atoms with Crippen molar-refractivity contribution in [2.45, 2.75) is 33.0 Å². The molecule has 0 radical (unpaired) electrons. The second-order valence-electron chi connectivity index (χ2n) is 9.62. The smallest absolute Gasteiger partial charge is 0.379 e. The number of ether oxygens (including phenoxy) is 1. The van der Waals surface area contributed by atoms with E-state index in [-0.39, 0.29) is 31.2 Å². The number of benzene rings is 2. The Bertz CT molecular complexity index is 1470. The molecule has 2 heterocycles. The van der Waals surface area contributed by atoms with Crippen LogP contribution in [0.1, 0.15) is 39.9 Å². The maximum Gasteiger partial charge on any atom is 0.421 e. The summed E-state index contributed by atoms with van der Waals surface area (Å²) in [5, 5.41) is 5.78. The van der Waals surface area contributed by atoms with Crippen LogP contribution in [-0.4, -0.2) is 65.3 Å². The summed E-state index contributed by atoms with van der Waals surface area (Å²) < 4.78 is 45.8. The zero-order chi connectivity index (χ0) is 31.1. The molecule has 4 rings (SSSR count). The summed E-state index contributed by atoms with van der Waals surface area (Å²) in [5.74, 6) is -2.29. The van der Waals surface area contributed by atoms with Crippen LogP contribution in [0.5, 0.6) is 0 Å². The van der Waals surface area contributed by atoms with Crippen molar-refractivity contribution in [2.75, 3.05) is 43.5 Å². The first-order chi connectivity index (χ1) is 20.4. The zero-order valence-electron chi connectivity index (χ0n) is 23.3. The van der Waals surface area contributed by atoms with E-state index in [4.69, 9.17) is 26.1 Å². The van der Waals surface area contributed by atoms with Crippen molar-refractivity contribution in [1.29, 1.82) is 0 Å². The van der Waals surface area contributed by atoms with Gasteiger partial charge in [-0.15, -0.1) is 0 Å². The topological polar surface area (TPSA) is 124 Å². The molecule has 1 saturated heterocycles. The molecule has 0 saturated carbocycles. The molecular weight excluding hydrogens is 595 g/mol. The zero-order valence-corrected chi connectivity index (χ0v) is 24.1. The third kappa shape index (κ3) is 8.46. The fraction of sp³-hybridized carbons (Fsp3) is 0.357. The average Bonchev–Trinajstić information content (AvgIpc) is 3.29. The van der Waals surface area contributed by atoms with Gasteiger partial charge in [0.2, 0.25) is 5.82 Å². The van der Waals surface area contributed by atoms with Crippen molar-refractivity contribution in [1.82, 2.24) is 14.5 Å². The second-order valence-corrected chi connectivity index (χ2v) is 10.1. The predicted octanol–water partition coefficient (Wildman–Crippen LogP) is 5.07. The van der Waals surface area contributed by atoms with Crippen LogP contribution in [0.25, 0.3) is 0 Å². The van der Waals surface area contributed by atoms with Crippen LogP contribution < -0.4 is 10.6 Å². The Hall–Kier alpha value is -4.14. The molecule has 230 valence electrons. The highest BCUT2D eigenvalue weighted by atomic mass is 35.5. The Morgan fingerprint density at radius 1 is 1.05 bits per heavy atom. The standard InChI is InChI=1S/C28H29ClF3N5O6/c1-3-22-24(35-27(40)33-21-9-8-20(29)14-17(21)2)34-25(26(39)43-42-23(38)16-36-10-12-41-13-11-36)37(22)15-18-4-6-19(7-5-18)28(30,31)32/h4-9,14H,3,10-13,15-16H2,1-2H3,(H2,33,35,40). The van der Waals surface area contributed by atoms with Crippen molar-refractivity contribution in [3.63, 3.8) is 0 Å². The van der Waals surface area contributed by atoms with E-state index >= 15 is 0 Å². The number of rotatable bonds is 8. The fourth-order valence-corrected chi connectivity index (χ4v) is 4.60. The summed E-state index contributed by atoms with van der Waals surface area (Å²) in [7, 11) is 0. The first-order valence-electron chi connectivity index (χ1n) is 13.3. The molecule has 1 fully saturated rings. The monoisotopic (exact) mass is 623 g/mol. The van der Waals surface area contributed by atoms with Crippen LogP contribution >= 0.6 is 11.6 Å². The van der Waals surface area contributed by atoms with Gasteiger partial charge in [-0.3, -0.25) is 10.2 Å². The summed E-state index contributed by atoms with van der Waals surface area (Å²) >= 11 is 5.98. The number of amides is 2. The first-order valence-corrected chi connectivity index (χ1v) is 13.6. The molecule has 0 unspecified atom stereocenters. The highest BCUT2D eigenvalue weighted by Gasteiger charge is 2.30. The van der Waals surface area contributed by atoms with Crippen molar-refractivity contribution in [3.05, 3.63) is 75.7 Å². The van der Waals surface area contributed by atoms with Gasteiger partial charge in [-0.05, 0) is 54.8 Å². The third-order valence-electron chi connectivity index (χ3n) is 6.55. The van der Waals surface area contributed by atoms with E-state index in [9.17, 15) is 27.6 Å². The third-order valence-corrected chi connectivity index (χ3v) is 6.78. The highest BCUT2D eigenvalue weighted by molar-refractivity contribution is 6.30. The van der Waals surface area contributed by atoms with Gasteiger partial charge in [-0.1, -0.05) is 30.7 Å². The largest absolute Gasteiger partial charge is 0.421 e. The summed E-state index contributed by atoms with van der Waals surface area (Å²) in [4.78, 5) is 53.7. The Balaban J connectivity index is 1.56. The lowest BCUT2D eigenvalue weighted by Gasteiger charge is -2.24. The Morgan fingerprint density at radius 3 is 2.37 bits per heavy atom. The van der Waals surface area contributed by atoms with E-state index in [1.807, 2.05) is 0 Å². The van der Waals surface area contributed by atoms with Crippen molar-refractivity contribution < 1.29 is 42.1 Å². The van der Waals surface area contributed by atoms with E-state index in [1.165, 1.54) is 16.7 Å². The normalized spacial score (nSPS) is 13.8. The number of anilines is 2. The molecule has 1 aliphatic rings.